The van der Waals surface area contributed by atoms with Crippen LogP contribution in [0.15, 0.2) is 201 Å². The molecule has 16 nitrogen and oxygen atoms in total. The van der Waals surface area contributed by atoms with Gasteiger partial charge in [-0.25, -0.2) is 17.6 Å². The van der Waals surface area contributed by atoms with Crippen molar-refractivity contribution < 1.29 is 54.9 Å². The van der Waals surface area contributed by atoms with E-state index in [1.54, 1.807) is 43.4 Å². The molecule has 2 unspecified atom stereocenters. The van der Waals surface area contributed by atoms with E-state index in [0.29, 0.717) is 58.1 Å². The Bertz CT molecular complexity index is 4260. The van der Waals surface area contributed by atoms with Gasteiger partial charge in [-0.05, 0) is 57.6 Å². The highest BCUT2D eigenvalue weighted by Gasteiger charge is 2.49. The van der Waals surface area contributed by atoms with Crippen LogP contribution in [-0.2, 0) is 22.7 Å². The lowest BCUT2D eigenvalue weighted by Gasteiger charge is -2.51. The molecule has 2 saturated heterocycles. The normalized spacial score (nSPS) is 18.5. The summed E-state index contributed by atoms with van der Waals surface area (Å²) >= 11 is 0. The van der Waals surface area contributed by atoms with Crippen LogP contribution in [0.25, 0.3) is 44.9 Å². The summed E-state index contributed by atoms with van der Waals surface area (Å²) in [5.41, 5.74) is 5.64. The van der Waals surface area contributed by atoms with Crippen molar-refractivity contribution in [2.24, 2.45) is 0 Å². The highest BCUT2D eigenvalue weighted by Crippen LogP contribution is 2.52. The maximum Gasteiger partial charge on any atom is 0.278 e. The summed E-state index contributed by atoms with van der Waals surface area (Å²) in [4.78, 5) is 58.2. The number of aromatic nitrogens is 2. The second-order valence-corrected chi connectivity index (χ2v) is 21.8. The first-order chi connectivity index (χ1) is 43.0. The summed E-state index contributed by atoms with van der Waals surface area (Å²) in [6.45, 7) is 1.59. The van der Waals surface area contributed by atoms with Gasteiger partial charge in [0.15, 0.2) is 46.2 Å². The van der Waals surface area contributed by atoms with Crippen LogP contribution < -0.4 is 30.3 Å². The molecule has 6 aromatic carbocycles. The van der Waals surface area contributed by atoms with Crippen molar-refractivity contribution in [2.45, 2.75) is 37.6 Å². The molecule has 16 rings (SSSR count). The topological polar surface area (TPSA) is 154 Å². The van der Waals surface area contributed by atoms with Gasteiger partial charge in [-0.15, -0.1) is 0 Å². The highest BCUT2D eigenvalue weighted by molar-refractivity contribution is 5.98. The summed E-state index contributed by atoms with van der Waals surface area (Å²) in [7, 11) is 0. The Morgan fingerprint density at radius 1 is 0.443 bits per heavy atom. The van der Waals surface area contributed by atoms with Gasteiger partial charge in [0.2, 0.25) is 10.9 Å². The number of hydrogen-bond acceptors (Lipinski definition) is 12. The predicted octanol–water partition coefficient (Wildman–Crippen LogP) is 11.0. The minimum atomic E-state index is -1.00. The average molecular weight is 1190 g/mol. The van der Waals surface area contributed by atoms with Gasteiger partial charge in [0.25, 0.3) is 11.8 Å². The highest BCUT2D eigenvalue weighted by atomic mass is 19.2. The Kier molecular flexibility index (Phi) is 13.4. The monoisotopic (exact) mass is 1190 g/mol. The van der Waals surface area contributed by atoms with Crippen LogP contribution in [0.1, 0.15) is 66.4 Å². The number of ether oxygens (including phenoxy) is 4. The van der Waals surface area contributed by atoms with Gasteiger partial charge in [0.05, 0.1) is 51.0 Å². The summed E-state index contributed by atoms with van der Waals surface area (Å²) in [5, 5.41) is 3.79. The largest absolute Gasteiger partial charge is 0.482 e. The number of carbonyl (C=O) groups excluding carboxylic acids is 2. The van der Waals surface area contributed by atoms with Crippen LogP contribution >= 0.6 is 0 Å². The second-order valence-electron chi connectivity index (χ2n) is 21.8. The van der Waals surface area contributed by atoms with Crippen LogP contribution in [0.5, 0.6) is 11.5 Å². The molecule has 2 aliphatic carbocycles. The van der Waals surface area contributed by atoms with Crippen molar-refractivity contribution >= 4 is 11.8 Å². The third-order valence-corrected chi connectivity index (χ3v) is 17.0. The predicted molar refractivity (Wildman–Crippen MR) is 313 cm³/mol. The first-order valence-electron chi connectivity index (χ1n) is 28.5. The van der Waals surface area contributed by atoms with Crippen molar-refractivity contribution in [3.8, 4) is 56.4 Å². The summed E-state index contributed by atoms with van der Waals surface area (Å²) in [6, 6.07) is 43.5. The molecule has 0 bridgehead atoms. The molecule has 0 radical (unpaired) electrons. The lowest BCUT2D eigenvalue weighted by molar-refractivity contribution is -0.0198. The Balaban J connectivity index is 0.000000148. The van der Waals surface area contributed by atoms with Gasteiger partial charge < -0.3 is 37.6 Å². The fourth-order valence-corrected chi connectivity index (χ4v) is 13.1. The Hall–Kier alpha value is -10.4. The van der Waals surface area contributed by atoms with Crippen molar-refractivity contribution in [3.63, 3.8) is 0 Å². The first kappa shape index (κ1) is 54.2. The van der Waals surface area contributed by atoms with Crippen LogP contribution in [0.4, 0.5) is 17.6 Å². The quantitative estimate of drug-likeness (QED) is 0.133. The number of carbonyl (C=O) groups is 2. The molecule has 8 heterocycles. The van der Waals surface area contributed by atoms with Crippen molar-refractivity contribution in [1.29, 1.82) is 0 Å². The van der Waals surface area contributed by atoms with E-state index in [4.69, 9.17) is 27.8 Å². The van der Waals surface area contributed by atoms with E-state index in [2.05, 4.69) is 0 Å². The Labute approximate surface area is 498 Å². The van der Waals surface area contributed by atoms with Crippen LogP contribution in [0.3, 0.4) is 0 Å². The Morgan fingerprint density at radius 2 is 0.852 bits per heavy atom. The molecule has 440 valence electrons. The zero-order valence-electron chi connectivity index (χ0n) is 46.6. The van der Waals surface area contributed by atoms with E-state index in [-0.39, 0.29) is 85.3 Å². The van der Waals surface area contributed by atoms with E-state index in [9.17, 15) is 28.0 Å². The number of nitrogens with zero attached hydrogens (tertiary/aromatic N) is 6. The fourth-order valence-electron chi connectivity index (χ4n) is 13.1. The summed E-state index contributed by atoms with van der Waals surface area (Å²) in [6.07, 6.45) is 4.70. The third-order valence-electron chi connectivity index (χ3n) is 17.0. The zero-order valence-corrected chi connectivity index (χ0v) is 46.6. The van der Waals surface area contributed by atoms with E-state index >= 15 is 8.78 Å². The molecule has 88 heavy (non-hydrogen) atoms. The number of hydrogen-bond donors (Lipinski definition) is 0. The van der Waals surface area contributed by atoms with Gasteiger partial charge in [0.1, 0.15) is 37.1 Å². The van der Waals surface area contributed by atoms with Crippen molar-refractivity contribution in [1.82, 2.24) is 19.2 Å². The molecule has 4 aliphatic heterocycles. The SMILES string of the molecule is O=C1c2c(OCc3ccccc3)c(=O)ccn2N(C2c3ccccc3-c3occc3-c3c2ccc(F)c3F)C2COCCN12.O=C1c2c(OCc3ccccc3)c(=O)ccn2N([C@@H]2c3ccccc3-c3occc3-c3c2ccc(F)c3F)[C@@H]2COCCN12. The van der Waals surface area contributed by atoms with Crippen molar-refractivity contribution in [3.05, 3.63) is 271 Å². The molecule has 0 N–H and O–H groups in total. The van der Waals surface area contributed by atoms with E-state index in [1.165, 1.54) is 37.1 Å². The molecule has 0 spiro atoms. The molecule has 10 aromatic rings. The van der Waals surface area contributed by atoms with Gasteiger partial charge in [-0.3, -0.25) is 38.5 Å². The molecular weight excluding hydrogens is 1140 g/mol. The van der Waals surface area contributed by atoms with Gasteiger partial charge in [0, 0.05) is 71.0 Å². The number of amides is 2. The van der Waals surface area contributed by atoms with Gasteiger partial charge in [-0.2, -0.15) is 0 Å². The molecule has 0 saturated carbocycles. The minimum Gasteiger partial charge on any atom is -0.482 e. The lowest BCUT2D eigenvalue weighted by atomic mass is 9.91. The number of benzene rings is 6. The molecule has 6 aliphatic rings. The van der Waals surface area contributed by atoms with Crippen LogP contribution in [0, 0.1) is 23.3 Å². The van der Waals surface area contributed by atoms with Crippen LogP contribution in [0.2, 0.25) is 0 Å². The van der Waals surface area contributed by atoms with E-state index < -0.39 is 58.5 Å². The number of fused-ring (bicyclic) bond motifs is 14. The summed E-state index contributed by atoms with van der Waals surface area (Å²) in [5.74, 6) is -4.10. The van der Waals surface area contributed by atoms with Gasteiger partial charge in [-0.1, -0.05) is 121 Å². The Morgan fingerprint density at radius 3 is 1.28 bits per heavy atom. The summed E-state index contributed by atoms with van der Waals surface area (Å²) < 4.78 is 100. The molecule has 2 amide bonds. The number of halogens is 4. The molecule has 4 atom stereocenters. The standard InChI is InChI=1S/2C34H25F2N3O5/c2*35-25-11-10-23-28(29(25)36)24-13-16-43-32(24)22-9-5-4-8-21(22)30(23)39-27-19-42-17-15-37(27)34(41)31-33(26(40)12-14-38(31)39)44-18-20-6-2-1-3-7-20/h2*1-14,16,27,30H,15,17-19H2/t27-,30-;/m1./s1. The molecule has 2 fully saturated rings. The molecule has 20 heteroatoms. The lowest BCUT2D eigenvalue weighted by Crippen LogP contribution is -2.66. The second kappa shape index (κ2) is 21.8. The third kappa shape index (κ3) is 8.71. The smallest absolute Gasteiger partial charge is 0.278 e. The van der Waals surface area contributed by atoms with E-state index in [1.807, 2.05) is 119 Å². The maximum absolute atomic E-state index is 15.9. The average Bonchev–Trinajstić information content (AvgIpc) is 1.27. The van der Waals surface area contributed by atoms with Crippen LogP contribution in [-0.4, -0.2) is 82.8 Å². The molecule has 4 aromatic heterocycles. The molecular formula is C68H50F4N6O10. The zero-order chi connectivity index (χ0) is 59.9. The van der Waals surface area contributed by atoms with Crippen molar-refractivity contribution in [2.75, 3.05) is 49.5 Å². The first-order valence-corrected chi connectivity index (χ1v) is 28.5. The fraction of sp³-hybridized carbons (Fsp3) is 0.176. The minimum absolute atomic E-state index is 0.0501. The van der Waals surface area contributed by atoms with Gasteiger partial charge >= 0.3 is 0 Å². The number of furan rings is 2. The number of pyridine rings is 2. The maximum atomic E-state index is 15.9. The number of morpholine rings is 2. The van der Waals surface area contributed by atoms with E-state index in [0.717, 1.165) is 34.4 Å². The number of rotatable bonds is 8.